The molecule has 6 nitrogen and oxygen atoms in total. The Bertz CT molecular complexity index is 1020. The minimum Gasteiger partial charge on any atom is -0.426 e. The van der Waals surface area contributed by atoms with Crippen LogP contribution in [0.2, 0.25) is 0 Å². The van der Waals surface area contributed by atoms with Crippen molar-refractivity contribution in [3.8, 4) is 5.75 Å². The summed E-state index contributed by atoms with van der Waals surface area (Å²) >= 11 is 0. The van der Waals surface area contributed by atoms with Crippen molar-refractivity contribution in [1.29, 1.82) is 0 Å². The Kier molecular flexibility index (Phi) is 7.66. The van der Waals surface area contributed by atoms with Gasteiger partial charge in [-0.25, -0.2) is 0 Å². The highest BCUT2D eigenvalue weighted by atomic mass is 16.5. The molecule has 166 valence electrons. The topological polar surface area (TPSA) is 77.4 Å². The summed E-state index contributed by atoms with van der Waals surface area (Å²) in [6, 6.07) is 6.92. The fourth-order valence-electron chi connectivity index (χ4n) is 4.15. The van der Waals surface area contributed by atoms with E-state index in [0.717, 1.165) is 49.8 Å². The highest BCUT2D eigenvalue weighted by Crippen LogP contribution is 2.26. The lowest BCUT2D eigenvalue weighted by Gasteiger charge is -2.21. The number of carbonyl (C=O) groups is 2. The molecule has 3 rings (SSSR count). The zero-order valence-electron chi connectivity index (χ0n) is 18.8. The van der Waals surface area contributed by atoms with Crippen LogP contribution in [0, 0.1) is 6.92 Å². The molecule has 1 aliphatic rings. The van der Waals surface area contributed by atoms with E-state index < -0.39 is 11.9 Å². The Balaban J connectivity index is 1.98. The summed E-state index contributed by atoms with van der Waals surface area (Å²) in [5.41, 5.74) is 3.33. The molecule has 0 bridgehead atoms. The van der Waals surface area contributed by atoms with Gasteiger partial charge in [0.2, 0.25) is 0 Å². The van der Waals surface area contributed by atoms with Crippen LogP contribution in [0.25, 0.3) is 0 Å². The van der Waals surface area contributed by atoms with Crippen molar-refractivity contribution in [2.45, 2.75) is 78.7 Å². The van der Waals surface area contributed by atoms with E-state index in [0.29, 0.717) is 23.5 Å². The van der Waals surface area contributed by atoms with Gasteiger partial charge >= 0.3 is 5.97 Å². The van der Waals surface area contributed by atoms with Crippen molar-refractivity contribution in [3.63, 3.8) is 0 Å². The van der Waals surface area contributed by atoms with Crippen molar-refractivity contribution in [1.82, 2.24) is 4.57 Å². The summed E-state index contributed by atoms with van der Waals surface area (Å²) in [5, 5.41) is 2.86. The second-order valence-electron chi connectivity index (χ2n) is 8.23. The normalized spacial score (nSPS) is 13.6. The molecule has 1 aromatic heterocycles. The molecule has 0 saturated heterocycles. The first kappa shape index (κ1) is 22.8. The average molecular weight is 425 g/mol. The summed E-state index contributed by atoms with van der Waals surface area (Å²) in [6.07, 6.45) is 8.18. The van der Waals surface area contributed by atoms with Crippen molar-refractivity contribution in [2.24, 2.45) is 0 Å². The van der Waals surface area contributed by atoms with E-state index in [9.17, 15) is 14.4 Å². The number of esters is 1. The Morgan fingerprint density at radius 1 is 1.13 bits per heavy atom. The first-order chi connectivity index (χ1) is 14.9. The molecular formula is C25H32N2O4. The molecule has 0 aliphatic heterocycles. The number of nitrogens with zero attached hydrogens (tertiary/aromatic N) is 1. The van der Waals surface area contributed by atoms with Crippen LogP contribution in [0.3, 0.4) is 0 Å². The van der Waals surface area contributed by atoms with Crippen LogP contribution in [-0.2, 0) is 24.2 Å². The minimum absolute atomic E-state index is 0.174. The lowest BCUT2D eigenvalue weighted by Crippen LogP contribution is -2.33. The van der Waals surface area contributed by atoms with Gasteiger partial charge in [-0.2, -0.15) is 0 Å². The number of fused-ring (bicyclic) bond motifs is 1. The van der Waals surface area contributed by atoms with E-state index in [1.165, 1.54) is 19.8 Å². The third-order valence-corrected chi connectivity index (χ3v) is 5.87. The van der Waals surface area contributed by atoms with Crippen molar-refractivity contribution >= 4 is 17.6 Å². The Morgan fingerprint density at radius 3 is 2.58 bits per heavy atom. The largest absolute Gasteiger partial charge is 0.426 e. The smallest absolute Gasteiger partial charge is 0.308 e. The number of nitrogens with one attached hydrogen (secondary N) is 1. The van der Waals surface area contributed by atoms with Crippen LogP contribution in [-0.4, -0.2) is 16.4 Å². The first-order valence-electron chi connectivity index (χ1n) is 11.3. The third kappa shape index (κ3) is 5.43. The van der Waals surface area contributed by atoms with Crippen molar-refractivity contribution < 1.29 is 14.3 Å². The Hall–Kier alpha value is -2.89. The minimum atomic E-state index is -0.428. The third-order valence-electron chi connectivity index (χ3n) is 5.87. The maximum atomic E-state index is 13.3. The van der Waals surface area contributed by atoms with Gasteiger partial charge in [-0.3, -0.25) is 14.4 Å². The molecule has 0 unspecified atom stereocenters. The van der Waals surface area contributed by atoms with Crippen molar-refractivity contribution in [2.75, 3.05) is 5.32 Å². The van der Waals surface area contributed by atoms with Crippen LogP contribution in [0.15, 0.2) is 29.1 Å². The molecule has 0 atom stereocenters. The number of aromatic nitrogens is 1. The van der Waals surface area contributed by atoms with Gasteiger partial charge < -0.3 is 14.6 Å². The quantitative estimate of drug-likeness (QED) is 0.534. The number of hydrogen-bond donors (Lipinski definition) is 1. The van der Waals surface area contributed by atoms with Crippen LogP contribution in [0.4, 0.5) is 5.69 Å². The number of hydrogen-bond acceptors (Lipinski definition) is 4. The number of pyridine rings is 1. The zero-order chi connectivity index (χ0) is 22.4. The van der Waals surface area contributed by atoms with Gasteiger partial charge in [0.05, 0.1) is 0 Å². The number of benzene rings is 1. The molecule has 0 saturated carbocycles. The number of anilines is 1. The van der Waals surface area contributed by atoms with E-state index in [2.05, 4.69) is 12.2 Å². The molecule has 1 aromatic carbocycles. The van der Waals surface area contributed by atoms with Gasteiger partial charge in [0.1, 0.15) is 11.3 Å². The summed E-state index contributed by atoms with van der Waals surface area (Å²) in [6.45, 7) is 5.85. The highest BCUT2D eigenvalue weighted by Gasteiger charge is 2.21. The summed E-state index contributed by atoms with van der Waals surface area (Å²) in [7, 11) is 0. The van der Waals surface area contributed by atoms with Crippen LogP contribution in [0.1, 0.15) is 79.6 Å². The SMILES string of the molecule is CCCCn1c2c(cc(C(=O)Nc3cccc(OC(C)=O)c3C)c1=O)CCCCCC2. The molecule has 1 amide bonds. The molecule has 0 radical (unpaired) electrons. The van der Waals surface area contributed by atoms with Gasteiger partial charge in [0, 0.05) is 30.4 Å². The number of unbranched alkanes of at least 4 members (excludes halogenated alkanes) is 1. The number of rotatable bonds is 6. The van der Waals surface area contributed by atoms with E-state index in [1.54, 1.807) is 31.2 Å². The summed E-state index contributed by atoms with van der Waals surface area (Å²) in [4.78, 5) is 37.8. The van der Waals surface area contributed by atoms with Crippen LogP contribution >= 0.6 is 0 Å². The monoisotopic (exact) mass is 424 g/mol. The van der Waals surface area contributed by atoms with E-state index in [4.69, 9.17) is 4.74 Å². The van der Waals surface area contributed by atoms with E-state index >= 15 is 0 Å². The number of amides is 1. The van der Waals surface area contributed by atoms with E-state index in [1.807, 2.05) is 4.57 Å². The molecule has 6 heteroatoms. The molecule has 0 spiro atoms. The molecule has 0 fully saturated rings. The predicted molar refractivity (Wildman–Crippen MR) is 122 cm³/mol. The van der Waals surface area contributed by atoms with Gasteiger partial charge in [-0.15, -0.1) is 0 Å². The van der Waals surface area contributed by atoms with Gasteiger partial charge in [-0.05, 0) is 62.8 Å². The lowest BCUT2D eigenvalue weighted by atomic mass is 9.95. The Morgan fingerprint density at radius 2 is 1.87 bits per heavy atom. The molecule has 1 heterocycles. The number of aryl methyl sites for hydroxylation is 1. The standard InChI is InChI=1S/C25H32N2O4/c1-4-5-15-27-22-13-9-7-6-8-11-19(22)16-20(25(27)30)24(29)26-21-12-10-14-23(17(21)2)31-18(3)28/h10,12,14,16H,4-9,11,13,15H2,1-3H3,(H,26,29). The maximum absolute atomic E-state index is 13.3. The predicted octanol–water partition coefficient (Wildman–Crippen LogP) is 4.79. The van der Waals surface area contributed by atoms with Crippen molar-refractivity contribution in [3.05, 3.63) is 57.0 Å². The molecule has 1 N–H and O–H groups in total. The van der Waals surface area contributed by atoms with E-state index in [-0.39, 0.29) is 11.1 Å². The summed E-state index contributed by atoms with van der Waals surface area (Å²) < 4.78 is 7.04. The van der Waals surface area contributed by atoms with Gasteiger partial charge in [0.15, 0.2) is 0 Å². The fraction of sp³-hybridized carbons (Fsp3) is 0.480. The highest BCUT2D eigenvalue weighted by molar-refractivity contribution is 6.04. The second kappa shape index (κ2) is 10.4. The van der Waals surface area contributed by atoms with Gasteiger partial charge in [0.25, 0.3) is 11.5 Å². The molecule has 2 aromatic rings. The van der Waals surface area contributed by atoms with Gasteiger partial charge in [-0.1, -0.05) is 32.3 Å². The number of carbonyl (C=O) groups excluding carboxylic acids is 2. The van der Waals surface area contributed by atoms with Crippen LogP contribution < -0.4 is 15.6 Å². The molecule has 1 aliphatic carbocycles. The lowest BCUT2D eigenvalue weighted by molar-refractivity contribution is -0.131. The molecule has 31 heavy (non-hydrogen) atoms. The number of ether oxygens (including phenoxy) is 1. The fourth-order valence-corrected chi connectivity index (χ4v) is 4.15. The first-order valence-corrected chi connectivity index (χ1v) is 11.3. The summed E-state index contributed by atoms with van der Waals surface area (Å²) in [5.74, 6) is -0.459. The molecular weight excluding hydrogens is 392 g/mol. The second-order valence-corrected chi connectivity index (χ2v) is 8.23. The Labute approximate surface area is 183 Å². The average Bonchev–Trinajstić information content (AvgIpc) is 2.71. The van der Waals surface area contributed by atoms with Crippen LogP contribution in [0.5, 0.6) is 5.75 Å². The zero-order valence-corrected chi connectivity index (χ0v) is 18.8. The maximum Gasteiger partial charge on any atom is 0.308 e.